The fourth-order valence-electron chi connectivity index (χ4n) is 2.24. The van der Waals surface area contributed by atoms with E-state index in [4.69, 9.17) is 0 Å². The van der Waals surface area contributed by atoms with Gasteiger partial charge in [0.05, 0.1) is 6.20 Å². The molecule has 0 radical (unpaired) electrons. The molecule has 25 heavy (non-hydrogen) atoms. The lowest BCUT2D eigenvalue weighted by Crippen LogP contribution is -2.12. The fourth-order valence-corrected chi connectivity index (χ4v) is 2.24. The van der Waals surface area contributed by atoms with Gasteiger partial charge in [0.15, 0.2) is 11.6 Å². The van der Waals surface area contributed by atoms with Gasteiger partial charge in [0.25, 0.3) is 5.91 Å². The van der Waals surface area contributed by atoms with Gasteiger partial charge in [-0.25, -0.2) is 9.97 Å². The van der Waals surface area contributed by atoms with Gasteiger partial charge in [0.2, 0.25) is 0 Å². The van der Waals surface area contributed by atoms with E-state index in [2.05, 4.69) is 32.1 Å². The van der Waals surface area contributed by atoms with Gasteiger partial charge in [0.1, 0.15) is 11.0 Å². The number of H-pyrrole nitrogens is 1. The summed E-state index contributed by atoms with van der Waals surface area (Å²) in [5.41, 5.74) is 2.51. The highest BCUT2D eigenvalue weighted by molar-refractivity contribution is 6.07. The van der Waals surface area contributed by atoms with E-state index in [9.17, 15) is 4.79 Å². The Morgan fingerprint density at radius 3 is 2.80 bits per heavy atom. The number of nitrogens with one attached hydrogen (secondary N) is 2. The van der Waals surface area contributed by atoms with Crippen molar-refractivity contribution in [2.45, 2.75) is 6.92 Å². The molecule has 1 aromatic carbocycles. The molecule has 3 rings (SSSR count). The average molecular weight is 331 g/mol. The van der Waals surface area contributed by atoms with Crippen LogP contribution in [0, 0.1) is 0 Å². The Labute approximate surface area is 145 Å². The second kappa shape index (κ2) is 7.35. The summed E-state index contributed by atoms with van der Waals surface area (Å²) >= 11 is 0. The molecular weight excluding hydrogens is 314 g/mol. The number of anilines is 1. The zero-order valence-electron chi connectivity index (χ0n) is 13.7. The van der Waals surface area contributed by atoms with Gasteiger partial charge < -0.3 is 5.32 Å². The lowest BCUT2D eigenvalue weighted by atomic mass is 10.2. The van der Waals surface area contributed by atoms with Crippen LogP contribution >= 0.6 is 0 Å². The molecule has 0 bridgehead atoms. The summed E-state index contributed by atoms with van der Waals surface area (Å²) in [5.74, 6) is 0.627. The molecule has 0 atom stereocenters. The summed E-state index contributed by atoms with van der Waals surface area (Å²) in [5, 5.41) is 9.73. The van der Waals surface area contributed by atoms with Crippen molar-refractivity contribution in [3.63, 3.8) is 0 Å². The smallest absolute Gasteiger partial charge is 0.256 e. The first-order valence-electron chi connectivity index (χ1n) is 7.76. The van der Waals surface area contributed by atoms with Crippen molar-refractivity contribution in [3.05, 3.63) is 78.8 Å². The minimum atomic E-state index is -0.248. The third kappa shape index (κ3) is 3.53. The van der Waals surface area contributed by atoms with Gasteiger partial charge in [-0.15, -0.1) is 0 Å². The first-order valence-corrected chi connectivity index (χ1v) is 7.76. The van der Waals surface area contributed by atoms with E-state index >= 15 is 0 Å². The first-order chi connectivity index (χ1) is 12.2. The molecule has 0 spiro atoms. The van der Waals surface area contributed by atoms with Crippen LogP contribution in [0.1, 0.15) is 23.1 Å². The molecule has 0 fully saturated rings. The Balaban J connectivity index is 1.96. The first kappa shape index (κ1) is 16.3. The van der Waals surface area contributed by atoms with Crippen LogP contribution in [-0.4, -0.2) is 26.1 Å². The van der Waals surface area contributed by atoms with Gasteiger partial charge in [-0.3, -0.25) is 9.89 Å². The van der Waals surface area contributed by atoms with E-state index in [-0.39, 0.29) is 5.91 Å². The van der Waals surface area contributed by atoms with Crippen molar-refractivity contribution in [1.29, 1.82) is 0 Å². The highest BCUT2D eigenvalue weighted by atomic mass is 16.1. The molecule has 3 aromatic rings. The van der Waals surface area contributed by atoms with Crippen molar-refractivity contribution < 1.29 is 4.79 Å². The Kier molecular flexibility index (Phi) is 4.80. The van der Waals surface area contributed by atoms with E-state index in [1.165, 1.54) is 0 Å². The van der Waals surface area contributed by atoms with Crippen molar-refractivity contribution >= 4 is 28.3 Å². The lowest BCUT2D eigenvalue weighted by molar-refractivity contribution is 0.102. The van der Waals surface area contributed by atoms with Gasteiger partial charge in [-0.2, -0.15) is 5.10 Å². The second-order valence-corrected chi connectivity index (χ2v) is 5.20. The summed E-state index contributed by atoms with van der Waals surface area (Å²) in [4.78, 5) is 21.2. The zero-order chi connectivity index (χ0) is 17.6. The van der Waals surface area contributed by atoms with Crippen LogP contribution in [0.15, 0.2) is 67.4 Å². The summed E-state index contributed by atoms with van der Waals surface area (Å²) in [6.07, 6.45) is 8.99. The number of fused-ring (bicyclic) bond motifs is 1. The van der Waals surface area contributed by atoms with Gasteiger partial charge in [0, 0.05) is 11.1 Å². The third-order valence-electron chi connectivity index (χ3n) is 3.52. The largest absolute Gasteiger partial charge is 0.303 e. The monoisotopic (exact) mass is 331 g/mol. The quantitative estimate of drug-likeness (QED) is 0.697. The van der Waals surface area contributed by atoms with Gasteiger partial charge >= 0.3 is 0 Å². The molecule has 2 heterocycles. The molecular formula is C19H17N5O. The number of allylic oxidation sites excluding steroid dienone is 5. The van der Waals surface area contributed by atoms with Crippen molar-refractivity contribution in [2.24, 2.45) is 0 Å². The van der Waals surface area contributed by atoms with Gasteiger partial charge in [-0.05, 0) is 19.1 Å². The number of rotatable bonds is 5. The summed E-state index contributed by atoms with van der Waals surface area (Å²) in [6.45, 7) is 5.72. The summed E-state index contributed by atoms with van der Waals surface area (Å²) < 4.78 is 0. The molecule has 0 saturated heterocycles. The normalized spacial score (nSPS) is 11.8. The minimum absolute atomic E-state index is 0.248. The molecule has 6 nitrogen and oxygen atoms in total. The number of benzene rings is 1. The van der Waals surface area contributed by atoms with E-state index in [0.29, 0.717) is 28.2 Å². The van der Waals surface area contributed by atoms with Crippen LogP contribution in [0.3, 0.4) is 0 Å². The molecule has 0 aliphatic carbocycles. The predicted octanol–water partition coefficient (Wildman–Crippen LogP) is 3.75. The maximum Gasteiger partial charge on any atom is 0.256 e. The third-order valence-corrected chi connectivity index (χ3v) is 3.52. The van der Waals surface area contributed by atoms with E-state index in [1.54, 1.807) is 36.5 Å². The van der Waals surface area contributed by atoms with Crippen molar-refractivity contribution in [3.8, 4) is 0 Å². The Morgan fingerprint density at radius 1 is 1.28 bits per heavy atom. The molecule has 6 heteroatoms. The number of aromatic nitrogens is 4. The van der Waals surface area contributed by atoms with Crippen LogP contribution < -0.4 is 5.32 Å². The lowest BCUT2D eigenvalue weighted by Gasteiger charge is -2.03. The molecule has 0 aliphatic rings. The molecule has 0 aliphatic heterocycles. The van der Waals surface area contributed by atoms with Crippen LogP contribution in [0.2, 0.25) is 0 Å². The number of amides is 1. The highest BCUT2D eigenvalue weighted by Crippen LogP contribution is 2.21. The number of aromatic amines is 1. The number of carbonyl (C=O) groups excluding carboxylic acids is 1. The maximum absolute atomic E-state index is 12.3. The minimum Gasteiger partial charge on any atom is -0.303 e. The van der Waals surface area contributed by atoms with Crippen LogP contribution in [-0.2, 0) is 0 Å². The predicted molar refractivity (Wildman–Crippen MR) is 99.1 cm³/mol. The molecule has 0 saturated carbocycles. The molecule has 0 unspecified atom stereocenters. The summed E-state index contributed by atoms with van der Waals surface area (Å²) in [7, 11) is 0. The van der Waals surface area contributed by atoms with E-state index < -0.39 is 0 Å². The van der Waals surface area contributed by atoms with Crippen molar-refractivity contribution in [1.82, 2.24) is 20.2 Å². The topological polar surface area (TPSA) is 83.6 Å². The van der Waals surface area contributed by atoms with Crippen LogP contribution in [0.25, 0.3) is 16.6 Å². The fraction of sp³-hybridized carbons (Fsp3) is 0.0526. The summed E-state index contributed by atoms with van der Waals surface area (Å²) in [6, 6.07) is 8.94. The average Bonchev–Trinajstić information content (AvgIpc) is 3.05. The number of nitrogens with zero attached hydrogens (tertiary/aromatic N) is 3. The number of hydrogen-bond acceptors (Lipinski definition) is 4. The van der Waals surface area contributed by atoms with Crippen molar-refractivity contribution in [2.75, 3.05) is 5.32 Å². The Bertz CT molecular complexity index is 970. The number of carbonyl (C=O) groups is 1. The SMILES string of the molecule is C=C/C(=C\C=C/C)c1ncc2[nH]nc(NC(=O)c3ccccc3)c2n1. The Morgan fingerprint density at radius 2 is 2.08 bits per heavy atom. The molecule has 124 valence electrons. The second-order valence-electron chi connectivity index (χ2n) is 5.20. The van der Waals surface area contributed by atoms with E-state index in [0.717, 1.165) is 5.57 Å². The number of hydrogen-bond donors (Lipinski definition) is 2. The van der Waals surface area contributed by atoms with E-state index in [1.807, 2.05) is 31.2 Å². The molecule has 2 aromatic heterocycles. The van der Waals surface area contributed by atoms with Gasteiger partial charge in [-0.1, -0.05) is 49.1 Å². The molecule has 1 amide bonds. The Hall–Kier alpha value is -3.54. The van der Waals surface area contributed by atoms with Crippen LogP contribution in [0.4, 0.5) is 5.82 Å². The maximum atomic E-state index is 12.3. The molecule has 2 N–H and O–H groups in total. The zero-order valence-corrected chi connectivity index (χ0v) is 13.7. The highest BCUT2D eigenvalue weighted by Gasteiger charge is 2.13. The standard InChI is InChI=1S/C19H17N5O/c1-3-5-9-13(4-2)17-20-12-15-16(21-17)18(24-23-15)22-19(25)14-10-7-6-8-11-14/h3-12H,2H2,1H3,(H2,22,23,24,25)/b5-3-,13-9+. The van der Waals surface area contributed by atoms with Crippen LogP contribution in [0.5, 0.6) is 0 Å².